The van der Waals surface area contributed by atoms with Crippen LogP contribution in [0.4, 0.5) is 10.5 Å². The molecule has 2 N–H and O–H groups in total. The highest BCUT2D eigenvalue weighted by Crippen LogP contribution is 2.20. The molecule has 2 amide bonds. The molecular weight excluding hydrogens is 232 g/mol. The number of hydrogen-bond donors (Lipinski definition) is 2. The van der Waals surface area contributed by atoms with E-state index in [1.165, 1.54) is 23.1 Å². The Labute approximate surface area is 97.6 Å². The molecule has 16 heavy (non-hydrogen) atoms. The molecule has 1 rings (SSSR count). The molecule has 0 heterocycles. The van der Waals surface area contributed by atoms with Crippen LogP contribution in [0.5, 0.6) is 0 Å². The predicted octanol–water partition coefficient (Wildman–Crippen LogP) is 2.13. The molecule has 0 bridgehead atoms. The van der Waals surface area contributed by atoms with E-state index in [1.807, 2.05) is 0 Å². The summed E-state index contributed by atoms with van der Waals surface area (Å²) in [5.41, 5.74) is 0.346. The second-order valence-corrected chi connectivity index (χ2v) is 3.73. The first-order valence-electron chi connectivity index (χ1n) is 4.43. The van der Waals surface area contributed by atoms with Gasteiger partial charge >= 0.3 is 12.0 Å². The molecule has 0 fully saturated rings. The fourth-order valence-corrected chi connectivity index (χ4v) is 1.20. The summed E-state index contributed by atoms with van der Waals surface area (Å²) < 4.78 is 0. The van der Waals surface area contributed by atoms with Crippen LogP contribution < -0.4 is 5.32 Å². The number of anilines is 1. The summed E-state index contributed by atoms with van der Waals surface area (Å²) in [6.07, 6.45) is 0. The number of aromatic carboxylic acids is 1. The van der Waals surface area contributed by atoms with Gasteiger partial charge in [-0.05, 0) is 18.2 Å². The minimum atomic E-state index is -1.13. The van der Waals surface area contributed by atoms with E-state index in [4.69, 9.17) is 16.7 Å². The van der Waals surface area contributed by atoms with Crippen LogP contribution in [0.2, 0.25) is 5.02 Å². The summed E-state index contributed by atoms with van der Waals surface area (Å²) in [5.74, 6) is -1.13. The number of halogens is 1. The summed E-state index contributed by atoms with van der Waals surface area (Å²) in [6, 6.07) is 3.94. The SMILES string of the molecule is CN(C)C(=O)Nc1ccc(Cl)c(C(=O)O)c1. The number of urea groups is 1. The third-order valence-electron chi connectivity index (χ3n) is 1.85. The molecule has 0 atom stereocenters. The Hall–Kier alpha value is -1.75. The molecule has 0 spiro atoms. The monoisotopic (exact) mass is 242 g/mol. The van der Waals surface area contributed by atoms with E-state index in [9.17, 15) is 9.59 Å². The lowest BCUT2D eigenvalue weighted by Crippen LogP contribution is -2.27. The number of rotatable bonds is 2. The van der Waals surface area contributed by atoms with E-state index in [2.05, 4.69) is 5.32 Å². The minimum absolute atomic E-state index is 0.0433. The van der Waals surface area contributed by atoms with Gasteiger partial charge in [0.15, 0.2) is 0 Å². The highest BCUT2D eigenvalue weighted by molar-refractivity contribution is 6.33. The quantitative estimate of drug-likeness (QED) is 0.835. The average molecular weight is 243 g/mol. The molecule has 0 saturated carbocycles. The summed E-state index contributed by atoms with van der Waals surface area (Å²) in [5, 5.41) is 11.5. The fraction of sp³-hybridized carbons (Fsp3) is 0.200. The van der Waals surface area contributed by atoms with E-state index < -0.39 is 5.97 Å². The normalized spacial score (nSPS) is 9.69. The number of amides is 2. The zero-order valence-electron chi connectivity index (χ0n) is 8.82. The van der Waals surface area contributed by atoms with Crippen molar-refractivity contribution in [2.75, 3.05) is 19.4 Å². The molecule has 0 saturated heterocycles. The Bertz CT molecular complexity index is 432. The van der Waals surface area contributed by atoms with E-state index in [0.29, 0.717) is 5.69 Å². The Kier molecular flexibility index (Phi) is 3.73. The summed E-state index contributed by atoms with van der Waals surface area (Å²) in [6.45, 7) is 0. The number of carbonyl (C=O) groups is 2. The topological polar surface area (TPSA) is 69.6 Å². The largest absolute Gasteiger partial charge is 0.478 e. The van der Waals surface area contributed by atoms with Gasteiger partial charge < -0.3 is 15.3 Å². The van der Waals surface area contributed by atoms with Crippen molar-refractivity contribution in [1.29, 1.82) is 0 Å². The van der Waals surface area contributed by atoms with Crippen LogP contribution >= 0.6 is 11.6 Å². The maximum Gasteiger partial charge on any atom is 0.337 e. The van der Waals surface area contributed by atoms with Crippen molar-refractivity contribution >= 4 is 29.3 Å². The van der Waals surface area contributed by atoms with Crippen molar-refractivity contribution < 1.29 is 14.7 Å². The Morgan fingerprint density at radius 3 is 2.50 bits per heavy atom. The van der Waals surface area contributed by atoms with Gasteiger partial charge in [0.05, 0.1) is 10.6 Å². The first-order chi connectivity index (χ1) is 7.41. The molecule has 0 unspecified atom stereocenters. The molecule has 0 radical (unpaired) electrons. The number of carboxylic acids is 1. The van der Waals surface area contributed by atoms with Crippen LogP contribution in [0.1, 0.15) is 10.4 Å². The van der Waals surface area contributed by atoms with Gasteiger partial charge in [-0.2, -0.15) is 0 Å². The number of carbonyl (C=O) groups excluding carboxylic acids is 1. The van der Waals surface area contributed by atoms with Crippen LogP contribution in [0.25, 0.3) is 0 Å². The third-order valence-corrected chi connectivity index (χ3v) is 2.18. The molecular formula is C10H11ClN2O3. The van der Waals surface area contributed by atoms with Crippen molar-refractivity contribution in [2.24, 2.45) is 0 Å². The van der Waals surface area contributed by atoms with Gasteiger partial charge in [-0.25, -0.2) is 9.59 Å². The number of benzene rings is 1. The number of hydrogen-bond acceptors (Lipinski definition) is 2. The fourth-order valence-electron chi connectivity index (χ4n) is 1.00. The first kappa shape index (κ1) is 12.3. The molecule has 0 aliphatic rings. The van der Waals surface area contributed by atoms with Crippen LogP contribution in [-0.4, -0.2) is 36.1 Å². The van der Waals surface area contributed by atoms with Gasteiger partial charge in [-0.1, -0.05) is 11.6 Å². The standard InChI is InChI=1S/C10H11ClN2O3/c1-13(2)10(16)12-6-3-4-8(11)7(5-6)9(14)15/h3-5H,1-2H3,(H,12,16)(H,14,15). The highest BCUT2D eigenvalue weighted by Gasteiger charge is 2.11. The molecule has 1 aromatic carbocycles. The Morgan fingerprint density at radius 1 is 1.38 bits per heavy atom. The van der Waals surface area contributed by atoms with Crippen LogP contribution in [-0.2, 0) is 0 Å². The van der Waals surface area contributed by atoms with Crippen molar-refractivity contribution in [2.45, 2.75) is 0 Å². The number of carboxylic acid groups (broad SMARTS) is 1. The molecule has 6 heteroatoms. The van der Waals surface area contributed by atoms with Gasteiger partial charge in [0.25, 0.3) is 0 Å². The van der Waals surface area contributed by atoms with Crippen molar-refractivity contribution in [3.63, 3.8) is 0 Å². The van der Waals surface area contributed by atoms with Gasteiger partial charge in [-0.3, -0.25) is 0 Å². The summed E-state index contributed by atoms with van der Waals surface area (Å²) >= 11 is 5.69. The first-order valence-corrected chi connectivity index (χ1v) is 4.80. The van der Waals surface area contributed by atoms with Crippen molar-refractivity contribution in [3.8, 4) is 0 Å². The lowest BCUT2D eigenvalue weighted by molar-refractivity contribution is 0.0697. The van der Waals surface area contributed by atoms with E-state index >= 15 is 0 Å². The van der Waals surface area contributed by atoms with E-state index in [-0.39, 0.29) is 16.6 Å². The Balaban J connectivity index is 2.95. The van der Waals surface area contributed by atoms with Gasteiger partial charge in [0.1, 0.15) is 0 Å². The van der Waals surface area contributed by atoms with E-state index in [0.717, 1.165) is 0 Å². The lowest BCUT2D eigenvalue weighted by Gasteiger charge is -2.12. The predicted molar refractivity (Wildman–Crippen MR) is 61.1 cm³/mol. The van der Waals surface area contributed by atoms with Gasteiger partial charge in [-0.15, -0.1) is 0 Å². The van der Waals surface area contributed by atoms with Crippen LogP contribution in [0.15, 0.2) is 18.2 Å². The number of nitrogens with one attached hydrogen (secondary N) is 1. The smallest absolute Gasteiger partial charge is 0.337 e. The highest BCUT2D eigenvalue weighted by atomic mass is 35.5. The van der Waals surface area contributed by atoms with Crippen molar-refractivity contribution in [1.82, 2.24) is 4.90 Å². The average Bonchev–Trinajstić information content (AvgIpc) is 2.20. The second kappa shape index (κ2) is 4.85. The minimum Gasteiger partial charge on any atom is -0.478 e. The summed E-state index contributed by atoms with van der Waals surface area (Å²) in [4.78, 5) is 23.4. The van der Waals surface area contributed by atoms with Crippen molar-refractivity contribution in [3.05, 3.63) is 28.8 Å². The third kappa shape index (κ3) is 2.87. The van der Waals surface area contributed by atoms with Gasteiger partial charge in [0, 0.05) is 19.8 Å². The zero-order chi connectivity index (χ0) is 12.3. The Morgan fingerprint density at radius 2 is 2.00 bits per heavy atom. The molecule has 1 aromatic rings. The molecule has 86 valence electrons. The molecule has 0 aliphatic heterocycles. The van der Waals surface area contributed by atoms with Crippen LogP contribution in [0.3, 0.4) is 0 Å². The maximum absolute atomic E-state index is 11.3. The zero-order valence-corrected chi connectivity index (χ0v) is 9.58. The lowest BCUT2D eigenvalue weighted by atomic mass is 10.2. The molecule has 0 aliphatic carbocycles. The van der Waals surface area contributed by atoms with E-state index in [1.54, 1.807) is 14.1 Å². The number of nitrogens with zero attached hydrogens (tertiary/aromatic N) is 1. The van der Waals surface area contributed by atoms with Gasteiger partial charge in [0.2, 0.25) is 0 Å². The molecule has 0 aromatic heterocycles. The van der Waals surface area contributed by atoms with Crippen LogP contribution in [0, 0.1) is 0 Å². The summed E-state index contributed by atoms with van der Waals surface area (Å²) in [7, 11) is 3.17. The molecule has 5 nitrogen and oxygen atoms in total. The maximum atomic E-state index is 11.3. The second-order valence-electron chi connectivity index (χ2n) is 3.32.